The molecule has 0 amide bonds. The molecule has 120 valence electrons. The van der Waals surface area contributed by atoms with Gasteiger partial charge in [0.15, 0.2) is 5.16 Å². The molecule has 0 atom stereocenters. The Morgan fingerprint density at radius 3 is 2.09 bits per heavy atom. The summed E-state index contributed by atoms with van der Waals surface area (Å²) in [6, 6.07) is 10.2. The van der Waals surface area contributed by atoms with E-state index in [1.807, 2.05) is 6.07 Å². The largest absolute Gasteiger partial charge is 0.494 e. The fourth-order valence-electron chi connectivity index (χ4n) is 2.26. The van der Waals surface area contributed by atoms with Gasteiger partial charge in [-0.25, -0.2) is 9.97 Å². The number of thioether (sulfide) groups is 1. The second kappa shape index (κ2) is 6.26. The molecule has 2 heterocycles. The summed E-state index contributed by atoms with van der Waals surface area (Å²) in [5.74, 6) is 0.841. The van der Waals surface area contributed by atoms with Gasteiger partial charge in [-0.15, -0.1) is 0 Å². The van der Waals surface area contributed by atoms with E-state index in [1.165, 1.54) is 5.56 Å². The minimum absolute atomic E-state index is 0.306. The first kappa shape index (κ1) is 16.5. The first-order chi connectivity index (χ1) is 10.9. The van der Waals surface area contributed by atoms with E-state index in [0.717, 1.165) is 16.4 Å². The van der Waals surface area contributed by atoms with Crippen molar-refractivity contribution in [1.82, 2.24) is 9.97 Å². The van der Waals surface area contributed by atoms with Gasteiger partial charge in [0.2, 0.25) is 0 Å². The van der Waals surface area contributed by atoms with Crippen LogP contribution in [0.1, 0.15) is 33.3 Å². The molecule has 0 radical (unpaired) electrons. The van der Waals surface area contributed by atoms with Crippen molar-refractivity contribution in [3.05, 3.63) is 48.3 Å². The molecule has 0 aliphatic carbocycles. The van der Waals surface area contributed by atoms with Crippen molar-refractivity contribution in [3.8, 4) is 0 Å². The molecule has 0 unspecified atom stereocenters. The van der Waals surface area contributed by atoms with E-state index in [2.05, 4.69) is 61.9 Å². The molecule has 0 N–H and O–H groups in total. The average molecular weight is 328 g/mol. The molecule has 4 nitrogen and oxygen atoms in total. The molecule has 6 heteroatoms. The van der Waals surface area contributed by atoms with Gasteiger partial charge in [0, 0.05) is 18.1 Å². The summed E-state index contributed by atoms with van der Waals surface area (Å²) >= 11 is 1.63. The number of rotatable bonds is 4. The van der Waals surface area contributed by atoms with Crippen LogP contribution in [0.15, 0.2) is 47.9 Å². The minimum atomic E-state index is -0.309. The maximum absolute atomic E-state index is 6.07. The summed E-state index contributed by atoms with van der Waals surface area (Å²) in [4.78, 5) is 8.44. The highest BCUT2D eigenvalue weighted by Gasteiger charge is 2.51. The molecule has 0 bridgehead atoms. The van der Waals surface area contributed by atoms with Crippen molar-refractivity contribution in [1.29, 1.82) is 0 Å². The topological polar surface area (TPSA) is 44.2 Å². The van der Waals surface area contributed by atoms with Crippen LogP contribution in [0.3, 0.4) is 0 Å². The highest BCUT2D eigenvalue weighted by Crippen LogP contribution is 2.36. The van der Waals surface area contributed by atoms with E-state index in [-0.39, 0.29) is 18.3 Å². The van der Waals surface area contributed by atoms with Crippen LogP contribution in [0.5, 0.6) is 0 Å². The van der Waals surface area contributed by atoms with Gasteiger partial charge in [-0.05, 0) is 44.8 Å². The smallest absolute Gasteiger partial charge is 0.399 e. The Balaban J connectivity index is 1.64. The summed E-state index contributed by atoms with van der Waals surface area (Å²) in [7, 11) is -0.306. The fourth-order valence-corrected chi connectivity index (χ4v) is 3.02. The van der Waals surface area contributed by atoms with E-state index in [4.69, 9.17) is 9.31 Å². The monoisotopic (exact) mass is 328 g/mol. The maximum atomic E-state index is 6.07. The third-order valence-corrected chi connectivity index (χ3v) is 5.36. The van der Waals surface area contributed by atoms with E-state index >= 15 is 0 Å². The second-order valence-corrected chi connectivity index (χ2v) is 7.59. The summed E-state index contributed by atoms with van der Waals surface area (Å²) in [5, 5.41) is 0.794. The Hall–Kier alpha value is -1.37. The lowest BCUT2D eigenvalue weighted by Gasteiger charge is -2.32. The highest BCUT2D eigenvalue weighted by atomic mass is 32.2. The predicted molar refractivity (Wildman–Crippen MR) is 93.8 cm³/mol. The minimum Gasteiger partial charge on any atom is -0.399 e. The quantitative estimate of drug-likeness (QED) is 0.490. The SMILES string of the molecule is CC1(C)OB(c2ccc(CSc3ncccn3)cc2)OC1(C)C. The molecular formula is C17H21BN2O2S. The lowest BCUT2D eigenvalue weighted by molar-refractivity contribution is 0.00578. The van der Waals surface area contributed by atoms with Gasteiger partial charge < -0.3 is 9.31 Å². The van der Waals surface area contributed by atoms with Crippen LogP contribution in [0.2, 0.25) is 0 Å². The van der Waals surface area contributed by atoms with Crippen molar-refractivity contribution in [2.24, 2.45) is 0 Å². The highest BCUT2D eigenvalue weighted by molar-refractivity contribution is 7.98. The zero-order chi connectivity index (χ0) is 16.5. The second-order valence-electron chi connectivity index (χ2n) is 6.65. The van der Waals surface area contributed by atoms with Crippen molar-refractivity contribution < 1.29 is 9.31 Å². The number of nitrogens with zero attached hydrogens (tertiary/aromatic N) is 2. The van der Waals surface area contributed by atoms with Crippen LogP contribution in [0.25, 0.3) is 0 Å². The lowest BCUT2D eigenvalue weighted by atomic mass is 9.79. The first-order valence-corrected chi connectivity index (χ1v) is 8.70. The molecule has 0 saturated carbocycles. The Labute approximate surface area is 142 Å². The van der Waals surface area contributed by atoms with E-state index in [9.17, 15) is 0 Å². The third-order valence-electron chi connectivity index (χ3n) is 4.42. The number of hydrogen-bond acceptors (Lipinski definition) is 5. The van der Waals surface area contributed by atoms with Crippen LogP contribution in [-0.2, 0) is 15.1 Å². The van der Waals surface area contributed by atoms with Crippen LogP contribution in [-0.4, -0.2) is 28.3 Å². The van der Waals surface area contributed by atoms with Gasteiger partial charge in [0.1, 0.15) is 0 Å². The maximum Gasteiger partial charge on any atom is 0.494 e. The number of aromatic nitrogens is 2. The molecule has 1 fully saturated rings. The standard InChI is InChI=1S/C17H21BN2O2S/c1-16(2)17(3,4)22-18(21-16)14-8-6-13(7-9-14)12-23-15-19-10-5-11-20-15/h5-11H,12H2,1-4H3. The average Bonchev–Trinajstić information content (AvgIpc) is 2.75. The van der Waals surface area contributed by atoms with Crippen LogP contribution in [0, 0.1) is 0 Å². The predicted octanol–water partition coefficient (Wildman–Crippen LogP) is 3.07. The zero-order valence-corrected chi connectivity index (χ0v) is 14.8. The number of hydrogen-bond donors (Lipinski definition) is 0. The normalized spacial score (nSPS) is 19.0. The Morgan fingerprint density at radius 1 is 0.957 bits per heavy atom. The number of benzene rings is 1. The molecule has 2 aromatic rings. The van der Waals surface area contributed by atoms with Crippen LogP contribution >= 0.6 is 11.8 Å². The van der Waals surface area contributed by atoms with E-state index < -0.39 is 0 Å². The molecule has 0 spiro atoms. The molecular weight excluding hydrogens is 307 g/mol. The van der Waals surface area contributed by atoms with Crippen molar-refractivity contribution in [2.75, 3.05) is 0 Å². The molecule has 1 aliphatic rings. The van der Waals surface area contributed by atoms with Gasteiger partial charge in [-0.1, -0.05) is 36.0 Å². The van der Waals surface area contributed by atoms with Gasteiger partial charge in [-0.2, -0.15) is 0 Å². The summed E-state index contributed by atoms with van der Waals surface area (Å²) in [6.45, 7) is 8.27. The third kappa shape index (κ3) is 3.60. The molecule has 23 heavy (non-hydrogen) atoms. The van der Waals surface area contributed by atoms with Gasteiger partial charge >= 0.3 is 7.12 Å². The molecule has 3 rings (SSSR count). The first-order valence-electron chi connectivity index (χ1n) is 7.72. The van der Waals surface area contributed by atoms with E-state index in [1.54, 1.807) is 24.2 Å². The van der Waals surface area contributed by atoms with Gasteiger partial charge in [-0.3, -0.25) is 0 Å². The molecule has 1 aromatic carbocycles. The van der Waals surface area contributed by atoms with Crippen LogP contribution < -0.4 is 5.46 Å². The van der Waals surface area contributed by atoms with E-state index in [0.29, 0.717) is 0 Å². The summed E-state index contributed by atoms with van der Waals surface area (Å²) < 4.78 is 12.1. The van der Waals surface area contributed by atoms with Crippen molar-refractivity contribution in [3.63, 3.8) is 0 Å². The van der Waals surface area contributed by atoms with Gasteiger partial charge in [0.05, 0.1) is 11.2 Å². The Bertz CT molecular complexity index is 646. The Morgan fingerprint density at radius 2 is 1.52 bits per heavy atom. The zero-order valence-electron chi connectivity index (χ0n) is 13.9. The van der Waals surface area contributed by atoms with Gasteiger partial charge in [0.25, 0.3) is 0 Å². The summed E-state index contributed by atoms with van der Waals surface area (Å²) in [6.07, 6.45) is 3.52. The summed E-state index contributed by atoms with van der Waals surface area (Å²) in [5.41, 5.74) is 1.66. The Kier molecular flexibility index (Phi) is 4.49. The molecule has 1 saturated heterocycles. The molecule has 1 aliphatic heterocycles. The fraction of sp³-hybridized carbons (Fsp3) is 0.412. The van der Waals surface area contributed by atoms with Crippen molar-refractivity contribution in [2.45, 2.75) is 49.8 Å². The lowest BCUT2D eigenvalue weighted by Crippen LogP contribution is -2.41. The van der Waals surface area contributed by atoms with Crippen LogP contribution in [0.4, 0.5) is 0 Å². The van der Waals surface area contributed by atoms with Crippen molar-refractivity contribution >= 4 is 24.3 Å². The molecule has 1 aromatic heterocycles.